The zero-order valence-corrected chi connectivity index (χ0v) is 49.0. The summed E-state index contributed by atoms with van der Waals surface area (Å²) >= 11 is 0. The van der Waals surface area contributed by atoms with Gasteiger partial charge in [-0.1, -0.05) is 0 Å². The van der Waals surface area contributed by atoms with Crippen molar-refractivity contribution < 1.29 is 163 Å². The third kappa shape index (κ3) is 36.3. The van der Waals surface area contributed by atoms with Crippen molar-refractivity contribution in [2.24, 2.45) is 0 Å². The van der Waals surface area contributed by atoms with Crippen molar-refractivity contribution in [1.82, 2.24) is 0 Å². The second kappa shape index (κ2) is 48.9. The van der Waals surface area contributed by atoms with Gasteiger partial charge in [0.15, 0.2) is 5.78 Å². The van der Waals surface area contributed by atoms with Crippen molar-refractivity contribution in [2.45, 2.75) is 85.5 Å². The molecule has 0 radical (unpaired) electrons. The molecule has 0 spiro atoms. The maximum atomic E-state index is 15.0. The molecule has 0 bridgehead atoms. The van der Waals surface area contributed by atoms with Gasteiger partial charge >= 0.3 is 0 Å². The van der Waals surface area contributed by atoms with E-state index in [1.54, 1.807) is 0 Å². The second-order valence-electron chi connectivity index (χ2n) is 19.9. The van der Waals surface area contributed by atoms with Crippen molar-refractivity contribution in [3.8, 4) is 23.0 Å². The number of carbonyl (C=O) groups is 1. The van der Waals surface area contributed by atoms with Crippen molar-refractivity contribution in [3.63, 3.8) is 0 Å². The van der Waals surface area contributed by atoms with Gasteiger partial charge in [-0.25, -0.2) is 0 Å². The molecule has 0 saturated carbocycles. The van der Waals surface area contributed by atoms with Crippen LogP contribution < -0.4 is 18.9 Å². The average Bonchev–Trinajstić information content (AvgIpc) is 1.83. The quantitative estimate of drug-likeness (QED) is 0.0274. The van der Waals surface area contributed by atoms with Gasteiger partial charge in [0.1, 0.15) is 135 Å². The Hall–Kier alpha value is -3.81. The minimum Gasteiger partial charge on any atom is -0.491 e. The van der Waals surface area contributed by atoms with Gasteiger partial charge in [-0.05, 0) is 24.3 Å². The third-order valence-electron chi connectivity index (χ3n) is 11.6. The van der Waals surface area contributed by atoms with Crippen LogP contribution in [0.3, 0.4) is 0 Å². The lowest BCUT2D eigenvalue weighted by Gasteiger charge is -2.25. The van der Waals surface area contributed by atoms with E-state index in [1.807, 2.05) is 0 Å². The summed E-state index contributed by atoms with van der Waals surface area (Å²) < 4.78 is 79.8. The molecule has 33 nitrogen and oxygen atoms in total. The molecule has 14 atom stereocenters. The highest BCUT2D eigenvalue weighted by molar-refractivity contribution is 6.12. The van der Waals surface area contributed by atoms with Crippen molar-refractivity contribution in [1.29, 1.82) is 0 Å². The van der Waals surface area contributed by atoms with Gasteiger partial charge in [-0.3, -0.25) is 4.79 Å². The topological polar surface area (TPSA) is 510 Å². The second-order valence-corrected chi connectivity index (χ2v) is 19.9. The minimum atomic E-state index is -1.40. The van der Waals surface area contributed by atoms with Crippen LogP contribution >= 0.6 is 0 Å². The molecular weight excluding hydrogens is 1190 g/mol. The summed E-state index contributed by atoms with van der Waals surface area (Å²) in [4.78, 5) is 15.0. The van der Waals surface area contributed by atoms with Gasteiger partial charge in [0.05, 0.1) is 170 Å². The molecule has 2 aromatic rings. The number of hydrogen-bond donors (Lipinski definition) is 18. The molecule has 0 heterocycles. The molecular formula is C55H94O33. The van der Waals surface area contributed by atoms with Crippen molar-refractivity contribution >= 4 is 5.78 Å². The summed E-state index contributed by atoms with van der Waals surface area (Å²) in [5.41, 5.74) is -0.325. The van der Waals surface area contributed by atoms with Crippen LogP contribution in [0.25, 0.3) is 0 Å². The number of rotatable bonds is 58. The SMILES string of the molecule is O=C(c1ccc(OCC(COCC(O)CO)OCC(CO)OCC(O)CO)cc1OCC(O)COCC(O)COCC(O)CO)c1ccc(OCC(O)COCC(O)CO)cc1OCC(COCC(O)CO)OCC(COCC(O)CO)OCC(O)CO. The lowest BCUT2D eigenvalue weighted by atomic mass is 10.0. The largest absolute Gasteiger partial charge is 0.491 e. The number of aliphatic hydroxyl groups is 18. The van der Waals surface area contributed by atoms with E-state index in [0.717, 1.165) is 0 Å². The molecule has 0 aliphatic carbocycles. The number of ether oxygens (including phenoxy) is 14. The normalized spacial score (nSPS) is 16.8. The number of hydrogen-bond acceptors (Lipinski definition) is 33. The van der Waals surface area contributed by atoms with E-state index in [0.29, 0.717) is 0 Å². The van der Waals surface area contributed by atoms with Gasteiger partial charge in [-0.15, -0.1) is 0 Å². The van der Waals surface area contributed by atoms with Gasteiger partial charge in [0.2, 0.25) is 0 Å². The summed E-state index contributed by atoms with van der Waals surface area (Å²) in [5.74, 6) is -1.08. The summed E-state index contributed by atoms with van der Waals surface area (Å²) in [6.45, 7) is -11.5. The van der Waals surface area contributed by atoms with E-state index in [2.05, 4.69) is 0 Å². The molecule has 2 rings (SSSR count). The zero-order valence-electron chi connectivity index (χ0n) is 49.0. The molecule has 0 fully saturated rings. The first-order valence-corrected chi connectivity index (χ1v) is 28.3. The van der Waals surface area contributed by atoms with Crippen LogP contribution in [-0.4, -0.2) is 368 Å². The van der Waals surface area contributed by atoms with E-state index in [4.69, 9.17) is 76.5 Å². The Morgan fingerprint density at radius 2 is 0.534 bits per heavy atom. The average molecular weight is 1280 g/mol. The number of aliphatic hydroxyl groups excluding tert-OH is 18. The van der Waals surface area contributed by atoms with Gasteiger partial charge < -0.3 is 158 Å². The molecule has 0 aromatic heterocycles. The third-order valence-corrected chi connectivity index (χ3v) is 11.6. The van der Waals surface area contributed by atoms with Crippen LogP contribution in [0.2, 0.25) is 0 Å². The molecule has 0 aliphatic rings. The Morgan fingerprint density at radius 3 is 0.909 bits per heavy atom. The van der Waals surface area contributed by atoms with Crippen LogP contribution in [0, 0.1) is 0 Å². The van der Waals surface area contributed by atoms with E-state index in [9.17, 15) is 86.5 Å². The Morgan fingerprint density at radius 1 is 0.273 bits per heavy atom. The Bertz CT molecular complexity index is 2030. The first-order valence-electron chi connectivity index (χ1n) is 28.3. The molecule has 14 unspecified atom stereocenters. The first-order chi connectivity index (χ1) is 42.3. The summed E-state index contributed by atoms with van der Waals surface area (Å²) in [6.07, 6.45) is -16.6. The van der Waals surface area contributed by atoms with E-state index in [1.165, 1.54) is 36.4 Å². The van der Waals surface area contributed by atoms with Crippen molar-refractivity contribution in [3.05, 3.63) is 47.5 Å². The molecule has 0 saturated heterocycles. The van der Waals surface area contributed by atoms with Gasteiger partial charge in [-0.2, -0.15) is 0 Å². The lowest BCUT2D eigenvalue weighted by Crippen LogP contribution is -2.36. The Labute approximate surface area is 508 Å². The highest BCUT2D eigenvalue weighted by Gasteiger charge is 2.26. The van der Waals surface area contributed by atoms with Crippen LogP contribution in [0.1, 0.15) is 15.9 Å². The Balaban J connectivity index is 2.66. The molecule has 33 heteroatoms. The predicted octanol–water partition coefficient (Wildman–Crippen LogP) is -8.38. The van der Waals surface area contributed by atoms with Crippen molar-refractivity contribution in [2.75, 3.05) is 185 Å². The maximum absolute atomic E-state index is 15.0. The highest BCUT2D eigenvalue weighted by Crippen LogP contribution is 2.33. The predicted molar refractivity (Wildman–Crippen MR) is 299 cm³/mol. The number of ketones is 1. The maximum Gasteiger partial charge on any atom is 0.200 e. The van der Waals surface area contributed by atoms with E-state index in [-0.39, 0.29) is 140 Å². The lowest BCUT2D eigenvalue weighted by molar-refractivity contribution is -0.123. The number of carbonyl (C=O) groups excluding carboxylic acids is 1. The molecule has 18 N–H and O–H groups in total. The Kier molecular flexibility index (Phi) is 44.6. The molecule has 2 aromatic carbocycles. The smallest absolute Gasteiger partial charge is 0.200 e. The highest BCUT2D eigenvalue weighted by atomic mass is 16.6. The fourth-order valence-electron chi connectivity index (χ4n) is 6.80. The van der Waals surface area contributed by atoms with Gasteiger partial charge in [0.25, 0.3) is 0 Å². The van der Waals surface area contributed by atoms with Crippen LogP contribution in [-0.2, 0) is 47.4 Å². The molecule has 0 amide bonds. The summed E-state index contributed by atoms with van der Waals surface area (Å²) in [6, 6.07) is 7.95. The van der Waals surface area contributed by atoms with E-state index >= 15 is 0 Å². The number of benzene rings is 2. The standard InChI is InChI=1S/C55H94O33/c56-7-35(64)15-75-20-42(71)21-77-23-44(73)27-87-53-6-46(84-32-49(29-79-18-38(67)10-59)85-31-47(14-63)82-24-40(69)12-61)2-4-51(53)55(74)52-3-1-45(81-26-43(72)22-76-16-36(65)8-57)5-54(52)88-34-50(30-80-19-39(68)11-60)86-33-48(83-25-41(70)13-62)28-78-17-37(66)9-58/h1-6,35-44,47-50,56-73H,7-34H2. The van der Waals surface area contributed by atoms with Crippen LogP contribution in [0.15, 0.2) is 36.4 Å². The summed E-state index contributed by atoms with van der Waals surface area (Å²) in [7, 11) is 0. The fourth-order valence-corrected chi connectivity index (χ4v) is 6.80. The minimum absolute atomic E-state index is 0.0351. The molecule has 0 aliphatic heterocycles. The fraction of sp³-hybridized carbons (Fsp3) is 0.764. The molecule has 512 valence electrons. The monoisotopic (exact) mass is 1280 g/mol. The first kappa shape index (κ1) is 80.3. The van der Waals surface area contributed by atoms with Crippen LogP contribution in [0.5, 0.6) is 23.0 Å². The summed E-state index contributed by atoms with van der Waals surface area (Å²) in [5, 5.41) is 175. The van der Waals surface area contributed by atoms with E-state index < -0.39 is 171 Å². The van der Waals surface area contributed by atoms with Gasteiger partial charge in [0, 0.05) is 12.1 Å². The molecule has 88 heavy (non-hydrogen) atoms. The van der Waals surface area contributed by atoms with Crippen LogP contribution in [0.4, 0.5) is 0 Å². The zero-order chi connectivity index (χ0) is 65.1.